The normalized spacial score (nSPS) is 17.2. The maximum absolute atomic E-state index is 3.75. The van der Waals surface area contributed by atoms with E-state index in [9.17, 15) is 0 Å². The number of rotatable bonds is 4. The molecule has 2 nitrogen and oxygen atoms in total. The Morgan fingerprint density at radius 3 is 2.57 bits per heavy atom. The SMILES string of the molecule is CN(C)CCNC1c2ccccc2CSc2ccccc21. The summed E-state index contributed by atoms with van der Waals surface area (Å²) in [5.41, 5.74) is 4.28. The maximum atomic E-state index is 3.75. The molecule has 0 amide bonds. The van der Waals surface area contributed by atoms with E-state index in [1.165, 1.54) is 21.6 Å². The average Bonchev–Trinajstić information content (AvgIpc) is 2.65. The van der Waals surface area contributed by atoms with Crippen molar-refractivity contribution in [2.75, 3.05) is 27.2 Å². The zero-order valence-electron chi connectivity index (χ0n) is 12.7. The summed E-state index contributed by atoms with van der Waals surface area (Å²) in [5, 5.41) is 3.75. The van der Waals surface area contributed by atoms with Gasteiger partial charge in [-0.1, -0.05) is 42.5 Å². The molecular weight excluding hydrogens is 276 g/mol. The lowest BCUT2D eigenvalue weighted by atomic mass is 9.95. The molecule has 0 bridgehead atoms. The fraction of sp³-hybridized carbons (Fsp3) is 0.333. The van der Waals surface area contributed by atoms with Crippen molar-refractivity contribution < 1.29 is 0 Å². The van der Waals surface area contributed by atoms with Crippen LogP contribution in [-0.2, 0) is 5.75 Å². The lowest BCUT2D eigenvalue weighted by molar-refractivity contribution is 0.392. The molecule has 0 fully saturated rings. The van der Waals surface area contributed by atoms with E-state index in [1.807, 2.05) is 11.8 Å². The van der Waals surface area contributed by atoms with Gasteiger partial charge in [0.05, 0.1) is 6.04 Å². The van der Waals surface area contributed by atoms with Crippen LogP contribution in [0.3, 0.4) is 0 Å². The van der Waals surface area contributed by atoms with E-state index in [0.29, 0.717) is 6.04 Å². The monoisotopic (exact) mass is 298 g/mol. The molecular formula is C18H22N2S. The summed E-state index contributed by atoms with van der Waals surface area (Å²) < 4.78 is 0. The minimum atomic E-state index is 0.298. The molecule has 1 heterocycles. The molecule has 1 aliphatic heterocycles. The van der Waals surface area contributed by atoms with Crippen molar-refractivity contribution >= 4 is 11.8 Å². The van der Waals surface area contributed by atoms with Crippen molar-refractivity contribution in [1.82, 2.24) is 10.2 Å². The van der Waals surface area contributed by atoms with Gasteiger partial charge in [-0.05, 0) is 36.9 Å². The summed E-state index contributed by atoms with van der Waals surface area (Å²) in [7, 11) is 4.24. The molecule has 2 aromatic rings. The Labute approximate surface area is 131 Å². The van der Waals surface area contributed by atoms with Crippen LogP contribution in [0.25, 0.3) is 0 Å². The van der Waals surface area contributed by atoms with Crippen LogP contribution in [0.4, 0.5) is 0 Å². The molecule has 1 N–H and O–H groups in total. The third-order valence-corrected chi connectivity index (χ3v) is 5.02. The van der Waals surface area contributed by atoms with Crippen molar-refractivity contribution in [3.05, 3.63) is 65.2 Å². The highest BCUT2D eigenvalue weighted by Crippen LogP contribution is 2.38. The van der Waals surface area contributed by atoms with E-state index in [0.717, 1.165) is 18.8 Å². The Bertz CT molecular complexity index is 562. The molecule has 0 saturated carbocycles. The van der Waals surface area contributed by atoms with Gasteiger partial charge in [-0.15, -0.1) is 11.8 Å². The van der Waals surface area contributed by atoms with Crippen LogP contribution >= 0.6 is 11.8 Å². The highest BCUT2D eigenvalue weighted by atomic mass is 32.2. The van der Waals surface area contributed by atoms with Crippen molar-refractivity contribution in [2.24, 2.45) is 0 Å². The lowest BCUT2D eigenvalue weighted by Crippen LogP contribution is -2.30. The van der Waals surface area contributed by atoms with Crippen molar-refractivity contribution in [2.45, 2.75) is 16.7 Å². The molecule has 0 aromatic heterocycles. The first-order chi connectivity index (χ1) is 10.3. The molecule has 2 aromatic carbocycles. The van der Waals surface area contributed by atoms with E-state index in [-0.39, 0.29) is 0 Å². The number of fused-ring (bicyclic) bond motifs is 2. The summed E-state index contributed by atoms with van der Waals surface area (Å²) in [6.45, 7) is 2.04. The second-order valence-electron chi connectivity index (χ2n) is 5.72. The number of nitrogens with zero attached hydrogens (tertiary/aromatic N) is 1. The fourth-order valence-electron chi connectivity index (χ4n) is 2.77. The summed E-state index contributed by atoms with van der Waals surface area (Å²) in [4.78, 5) is 3.62. The van der Waals surface area contributed by atoms with Gasteiger partial charge in [-0.3, -0.25) is 0 Å². The Kier molecular flexibility index (Phi) is 4.63. The van der Waals surface area contributed by atoms with E-state index >= 15 is 0 Å². The van der Waals surface area contributed by atoms with Crippen LogP contribution in [0.1, 0.15) is 22.7 Å². The molecule has 0 aliphatic carbocycles. The van der Waals surface area contributed by atoms with Gasteiger partial charge in [-0.25, -0.2) is 0 Å². The topological polar surface area (TPSA) is 15.3 Å². The smallest absolute Gasteiger partial charge is 0.0591 e. The third-order valence-electron chi connectivity index (χ3n) is 3.89. The summed E-state index contributed by atoms with van der Waals surface area (Å²) in [5.74, 6) is 1.05. The number of nitrogens with one attached hydrogen (secondary N) is 1. The van der Waals surface area contributed by atoms with Crippen molar-refractivity contribution in [3.63, 3.8) is 0 Å². The molecule has 1 atom stereocenters. The number of hydrogen-bond acceptors (Lipinski definition) is 3. The fourth-order valence-corrected chi connectivity index (χ4v) is 3.87. The molecule has 1 unspecified atom stereocenters. The first-order valence-corrected chi connectivity index (χ1v) is 8.42. The zero-order chi connectivity index (χ0) is 14.7. The molecule has 110 valence electrons. The van der Waals surface area contributed by atoms with Crippen LogP contribution in [0.2, 0.25) is 0 Å². The second-order valence-corrected chi connectivity index (χ2v) is 6.73. The van der Waals surface area contributed by atoms with Crippen LogP contribution in [0.5, 0.6) is 0 Å². The largest absolute Gasteiger partial charge is 0.308 e. The van der Waals surface area contributed by atoms with Gasteiger partial charge in [0, 0.05) is 23.7 Å². The molecule has 3 rings (SSSR count). The number of thioether (sulfide) groups is 1. The molecule has 0 saturated heterocycles. The van der Waals surface area contributed by atoms with Crippen molar-refractivity contribution in [1.29, 1.82) is 0 Å². The highest BCUT2D eigenvalue weighted by Gasteiger charge is 2.22. The van der Waals surface area contributed by atoms with Gasteiger partial charge in [-0.2, -0.15) is 0 Å². The van der Waals surface area contributed by atoms with Crippen molar-refractivity contribution in [3.8, 4) is 0 Å². The number of benzene rings is 2. The van der Waals surface area contributed by atoms with Gasteiger partial charge in [0.15, 0.2) is 0 Å². The van der Waals surface area contributed by atoms with Gasteiger partial charge < -0.3 is 10.2 Å². The quantitative estimate of drug-likeness (QED) is 0.929. The maximum Gasteiger partial charge on any atom is 0.0591 e. The molecule has 0 radical (unpaired) electrons. The lowest BCUT2D eigenvalue weighted by Gasteiger charge is -2.22. The minimum absolute atomic E-state index is 0.298. The van der Waals surface area contributed by atoms with E-state index in [2.05, 4.69) is 72.8 Å². The Morgan fingerprint density at radius 1 is 1.05 bits per heavy atom. The molecule has 0 spiro atoms. The highest BCUT2D eigenvalue weighted by molar-refractivity contribution is 7.98. The van der Waals surface area contributed by atoms with E-state index in [4.69, 9.17) is 0 Å². The molecule has 3 heteroatoms. The van der Waals surface area contributed by atoms with E-state index in [1.54, 1.807) is 0 Å². The second kappa shape index (κ2) is 6.65. The number of likely N-dealkylation sites (N-methyl/N-ethyl adjacent to an activating group) is 1. The van der Waals surface area contributed by atoms with Gasteiger partial charge in [0.1, 0.15) is 0 Å². The minimum Gasteiger partial charge on any atom is -0.308 e. The van der Waals surface area contributed by atoms with E-state index < -0.39 is 0 Å². The van der Waals surface area contributed by atoms with Crippen LogP contribution < -0.4 is 5.32 Å². The molecule has 1 aliphatic rings. The van der Waals surface area contributed by atoms with Crippen LogP contribution in [0.15, 0.2) is 53.4 Å². The summed E-state index contributed by atoms with van der Waals surface area (Å²) in [6.07, 6.45) is 0. The van der Waals surface area contributed by atoms with Crippen LogP contribution in [0, 0.1) is 0 Å². The van der Waals surface area contributed by atoms with Crippen LogP contribution in [-0.4, -0.2) is 32.1 Å². The standard InChI is InChI=1S/C18H22N2S/c1-20(2)12-11-19-18-15-8-4-3-7-14(15)13-21-17-10-6-5-9-16(17)18/h3-10,18-19H,11-13H2,1-2H3. The first-order valence-electron chi connectivity index (χ1n) is 7.43. The Hall–Kier alpha value is -1.29. The van der Waals surface area contributed by atoms with Gasteiger partial charge >= 0.3 is 0 Å². The Balaban J connectivity index is 1.95. The third kappa shape index (κ3) is 3.31. The first kappa shape index (κ1) is 14.6. The van der Waals surface area contributed by atoms with Gasteiger partial charge in [0.2, 0.25) is 0 Å². The van der Waals surface area contributed by atoms with Gasteiger partial charge in [0.25, 0.3) is 0 Å². The zero-order valence-corrected chi connectivity index (χ0v) is 13.5. The summed E-state index contributed by atoms with van der Waals surface area (Å²) in [6, 6.07) is 17.9. The molecule has 21 heavy (non-hydrogen) atoms. The number of hydrogen-bond donors (Lipinski definition) is 1. The summed E-state index contributed by atoms with van der Waals surface area (Å²) >= 11 is 1.95. The predicted octanol–water partition coefficient (Wildman–Crippen LogP) is 3.53. The predicted molar refractivity (Wildman–Crippen MR) is 90.8 cm³/mol. The average molecular weight is 298 g/mol. The Morgan fingerprint density at radius 2 is 1.76 bits per heavy atom.